The highest BCUT2D eigenvalue weighted by molar-refractivity contribution is 5.80. The van der Waals surface area contributed by atoms with Crippen LogP contribution in [-0.2, 0) is 17.8 Å². The van der Waals surface area contributed by atoms with Crippen molar-refractivity contribution in [2.75, 3.05) is 18.0 Å². The highest BCUT2D eigenvalue weighted by Crippen LogP contribution is 2.31. The number of amides is 1. The van der Waals surface area contributed by atoms with E-state index < -0.39 is 0 Å². The molecule has 1 atom stereocenters. The largest absolute Gasteiger partial charge is 0.465 e. The third kappa shape index (κ3) is 4.34. The van der Waals surface area contributed by atoms with Crippen LogP contribution in [-0.4, -0.2) is 39.1 Å². The number of carbonyl (C=O) groups excluding carboxylic acids is 1. The van der Waals surface area contributed by atoms with Gasteiger partial charge in [-0.2, -0.15) is 4.98 Å². The minimum atomic E-state index is -0.133. The molecule has 4 heterocycles. The fourth-order valence-electron chi connectivity index (χ4n) is 3.64. The average Bonchev–Trinajstić information content (AvgIpc) is 3.41. The minimum absolute atomic E-state index is 0.0205. The van der Waals surface area contributed by atoms with Crippen molar-refractivity contribution in [3.63, 3.8) is 0 Å². The zero-order chi connectivity index (χ0) is 21.1. The van der Waals surface area contributed by atoms with Crippen LogP contribution < -0.4 is 10.2 Å². The molecule has 158 valence electrons. The number of aryl methyl sites for hydroxylation is 3. The molecule has 0 aromatic carbocycles. The summed E-state index contributed by atoms with van der Waals surface area (Å²) in [6, 6.07) is 3.78. The van der Waals surface area contributed by atoms with Crippen LogP contribution in [0.4, 0.5) is 5.82 Å². The van der Waals surface area contributed by atoms with Gasteiger partial charge in [0.05, 0.1) is 12.5 Å². The van der Waals surface area contributed by atoms with E-state index in [-0.39, 0.29) is 11.8 Å². The highest BCUT2D eigenvalue weighted by atomic mass is 16.5. The molecule has 1 aliphatic rings. The Labute approximate surface area is 174 Å². The number of piperidine rings is 1. The van der Waals surface area contributed by atoms with Gasteiger partial charge in [0.25, 0.3) is 5.89 Å². The average molecular weight is 410 g/mol. The van der Waals surface area contributed by atoms with Gasteiger partial charge in [0.15, 0.2) is 5.82 Å². The number of anilines is 1. The SMILES string of the molecule is CCc1noc(-c2cnc(C)nc2N2CCCC(C(=O)NCc3ccc(C)o3)C2)n1. The molecule has 1 saturated heterocycles. The Bertz CT molecular complexity index is 1030. The molecule has 3 aromatic rings. The van der Waals surface area contributed by atoms with Gasteiger partial charge < -0.3 is 19.2 Å². The first kappa shape index (κ1) is 20.1. The van der Waals surface area contributed by atoms with Gasteiger partial charge >= 0.3 is 0 Å². The number of hydrogen-bond acceptors (Lipinski definition) is 8. The second-order valence-corrected chi connectivity index (χ2v) is 7.54. The quantitative estimate of drug-likeness (QED) is 0.660. The van der Waals surface area contributed by atoms with E-state index in [1.165, 1.54) is 0 Å². The molecule has 4 rings (SSSR count). The number of carbonyl (C=O) groups is 1. The highest BCUT2D eigenvalue weighted by Gasteiger charge is 2.29. The van der Waals surface area contributed by atoms with Crippen molar-refractivity contribution in [1.29, 1.82) is 0 Å². The molecule has 1 unspecified atom stereocenters. The first-order chi connectivity index (χ1) is 14.5. The van der Waals surface area contributed by atoms with Crippen LogP contribution in [0.15, 0.2) is 27.3 Å². The molecule has 0 bridgehead atoms. The molecular formula is C21H26N6O3. The number of rotatable bonds is 6. The van der Waals surface area contributed by atoms with E-state index in [9.17, 15) is 4.79 Å². The molecule has 9 heteroatoms. The van der Waals surface area contributed by atoms with Gasteiger partial charge in [-0.05, 0) is 38.8 Å². The summed E-state index contributed by atoms with van der Waals surface area (Å²) in [5.74, 6) is 3.91. The summed E-state index contributed by atoms with van der Waals surface area (Å²) in [5, 5.41) is 6.97. The second-order valence-electron chi connectivity index (χ2n) is 7.54. The van der Waals surface area contributed by atoms with E-state index in [0.29, 0.717) is 42.6 Å². The number of aromatic nitrogens is 4. The van der Waals surface area contributed by atoms with E-state index in [1.807, 2.05) is 32.9 Å². The van der Waals surface area contributed by atoms with E-state index in [1.54, 1.807) is 6.20 Å². The zero-order valence-corrected chi connectivity index (χ0v) is 17.5. The molecule has 0 spiro atoms. The van der Waals surface area contributed by atoms with Crippen molar-refractivity contribution in [1.82, 2.24) is 25.4 Å². The summed E-state index contributed by atoms with van der Waals surface area (Å²) < 4.78 is 11.0. The van der Waals surface area contributed by atoms with Crippen molar-refractivity contribution >= 4 is 11.7 Å². The first-order valence-electron chi connectivity index (χ1n) is 10.3. The van der Waals surface area contributed by atoms with Crippen molar-refractivity contribution in [3.05, 3.63) is 41.5 Å². The molecule has 1 amide bonds. The Balaban J connectivity index is 1.50. The minimum Gasteiger partial charge on any atom is -0.465 e. The maximum atomic E-state index is 12.8. The van der Waals surface area contributed by atoms with Gasteiger partial charge in [-0.3, -0.25) is 4.79 Å². The summed E-state index contributed by atoms with van der Waals surface area (Å²) >= 11 is 0. The van der Waals surface area contributed by atoms with E-state index in [0.717, 1.165) is 36.7 Å². The summed E-state index contributed by atoms with van der Waals surface area (Å²) in [6.07, 6.45) is 4.13. The maximum absolute atomic E-state index is 12.8. The Morgan fingerprint density at radius 1 is 1.30 bits per heavy atom. The summed E-state index contributed by atoms with van der Waals surface area (Å²) in [7, 11) is 0. The Morgan fingerprint density at radius 3 is 2.90 bits per heavy atom. The van der Waals surface area contributed by atoms with Gasteiger partial charge in [0.1, 0.15) is 28.7 Å². The van der Waals surface area contributed by atoms with Crippen LogP contribution in [0.5, 0.6) is 0 Å². The lowest BCUT2D eigenvalue weighted by Crippen LogP contribution is -2.43. The van der Waals surface area contributed by atoms with Crippen LogP contribution in [0.1, 0.15) is 42.9 Å². The maximum Gasteiger partial charge on any atom is 0.263 e. The second kappa shape index (κ2) is 8.64. The van der Waals surface area contributed by atoms with E-state index in [2.05, 4.69) is 30.3 Å². The monoisotopic (exact) mass is 410 g/mol. The Morgan fingerprint density at radius 2 is 2.17 bits per heavy atom. The van der Waals surface area contributed by atoms with Gasteiger partial charge in [0.2, 0.25) is 5.91 Å². The lowest BCUT2D eigenvalue weighted by Gasteiger charge is -2.33. The molecule has 0 aliphatic carbocycles. The van der Waals surface area contributed by atoms with Gasteiger partial charge in [-0.1, -0.05) is 12.1 Å². The van der Waals surface area contributed by atoms with Crippen LogP contribution in [0, 0.1) is 19.8 Å². The fourth-order valence-corrected chi connectivity index (χ4v) is 3.64. The van der Waals surface area contributed by atoms with Crippen LogP contribution >= 0.6 is 0 Å². The Kier molecular flexibility index (Phi) is 5.78. The van der Waals surface area contributed by atoms with Gasteiger partial charge in [-0.25, -0.2) is 9.97 Å². The molecule has 3 aromatic heterocycles. The standard InChI is InChI=1S/C21H26N6O3/c1-4-18-25-21(30-26-18)17-11-22-14(3)24-19(17)27-9-5-6-15(12-27)20(28)23-10-16-8-7-13(2)29-16/h7-8,11,15H,4-6,9-10,12H2,1-3H3,(H,23,28). The van der Waals surface area contributed by atoms with Crippen molar-refractivity contribution < 1.29 is 13.7 Å². The lowest BCUT2D eigenvalue weighted by atomic mass is 9.96. The summed E-state index contributed by atoms with van der Waals surface area (Å²) in [6.45, 7) is 7.47. The van der Waals surface area contributed by atoms with Gasteiger partial charge in [0, 0.05) is 25.7 Å². The van der Waals surface area contributed by atoms with Crippen molar-refractivity contribution in [2.24, 2.45) is 5.92 Å². The van der Waals surface area contributed by atoms with E-state index >= 15 is 0 Å². The van der Waals surface area contributed by atoms with Crippen molar-refractivity contribution in [3.8, 4) is 11.5 Å². The number of nitrogens with zero attached hydrogens (tertiary/aromatic N) is 5. The fraction of sp³-hybridized carbons (Fsp3) is 0.476. The molecular weight excluding hydrogens is 384 g/mol. The molecule has 1 fully saturated rings. The Hall–Kier alpha value is -3.23. The molecule has 0 saturated carbocycles. The molecule has 30 heavy (non-hydrogen) atoms. The number of nitrogens with one attached hydrogen (secondary N) is 1. The molecule has 1 aliphatic heterocycles. The van der Waals surface area contributed by atoms with Crippen LogP contribution in [0.25, 0.3) is 11.5 Å². The van der Waals surface area contributed by atoms with Gasteiger partial charge in [-0.15, -0.1) is 0 Å². The predicted molar refractivity (Wildman–Crippen MR) is 110 cm³/mol. The summed E-state index contributed by atoms with van der Waals surface area (Å²) in [5.41, 5.74) is 0.694. The van der Waals surface area contributed by atoms with Crippen molar-refractivity contribution in [2.45, 2.75) is 46.6 Å². The first-order valence-corrected chi connectivity index (χ1v) is 10.3. The molecule has 0 radical (unpaired) electrons. The lowest BCUT2D eigenvalue weighted by molar-refractivity contribution is -0.125. The molecule has 9 nitrogen and oxygen atoms in total. The number of furan rings is 1. The van der Waals surface area contributed by atoms with Crippen LogP contribution in [0.2, 0.25) is 0 Å². The number of hydrogen-bond donors (Lipinski definition) is 1. The predicted octanol–water partition coefficient (Wildman–Crippen LogP) is 2.83. The molecule has 1 N–H and O–H groups in total. The normalized spacial score (nSPS) is 16.6. The topological polar surface area (TPSA) is 110 Å². The zero-order valence-electron chi connectivity index (χ0n) is 17.5. The smallest absolute Gasteiger partial charge is 0.263 e. The summed E-state index contributed by atoms with van der Waals surface area (Å²) in [4.78, 5) is 28.3. The third-order valence-corrected chi connectivity index (χ3v) is 5.23. The third-order valence-electron chi connectivity index (χ3n) is 5.23. The van der Waals surface area contributed by atoms with E-state index in [4.69, 9.17) is 8.94 Å². The van der Waals surface area contributed by atoms with Crippen LogP contribution in [0.3, 0.4) is 0 Å².